The molecule has 2 aromatic carbocycles. The van der Waals surface area contributed by atoms with Gasteiger partial charge in [-0.15, -0.1) is 0 Å². The number of aromatic amines is 1. The smallest absolute Gasteiger partial charge is 0.277 e. The topological polar surface area (TPSA) is 71.8 Å². The zero-order valence-corrected chi connectivity index (χ0v) is 9.10. The van der Waals surface area contributed by atoms with Crippen LogP contribution >= 0.6 is 0 Å². The number of aromatic nitrogens is 2. The Morgan fingerprint density at radius 1 is 1.24 bits per heavy atom. The van der Waals surface area contributed by atoms with Crippen molar-refractivity contribution in [1.29, 1.82) is 0 Å². The van der Waals surface area contributed by atoms with Gasteiger partial charge >= 0.3 is 0 Å². The highest BCUT2D eigenvalue weighted by atomic mass is 16.6. The van der Waals surface area contributed by atoms with Gasteiger partial charge in [0, 0.05) is 11.5 Å². The first-order chi connectivity index (χ1) is 8.16. The third kappa shape index (κ3) is 1.36. The molecule has 3 aromatic rings. The van der Waals surface area contributed by atoms with Crippen LogP contribution in [0.4, 0.5) is 5.69 Å². The van der Waals surface area contributed by atoms with Gasteiger partial charge in [0.15, 0.2) is 0 Å². The highest BCUT2D eigenvalue weighted by Crippen LogP contribution is 2.30. The Labute approximate surface area is 96.2 Å². The second-order valence-electron chi connectivity index (χ2n) is 3.91. The van der Waals surface area contributed by atoms with E-state index in [0.29, 0.717) is 5.39 Å². The van der Waals surface area contributed by atoms with Gasteiger partial charge in [0.25, 0.3) is 5.69 Å². The number of H-pyrrole nitrogens is 1. The number of nitro benzene ring substituents is 1. The van der Waals surface area contributed by atoms with Crippen molar-refractivity contribution in [2.24, 2.45) is 0 Å². The van der Waals surface area contributed by atoms with Gasteiger partial charge in [0.2, 0.25) is 0 Å². The average molecular weight is 227 g/mol. The van der Waals surface area contributed by atoms with Crippen molar-refractivity contribution in [1.82, 2.24) is 9.97 Å². The molecule has 84 valence electrons. The molecule has 0 unspecified atom stereocenters. The first-order valence-electron chi connectivity index (χ1n) is 5.19. The first-order valence-corrected chi connectivity index (χ1v) is 5.19. The van der Waals surface area contributed by atoms with E-state index >= 15 is 0 Å². The largest absolute Gasteiger partial charge is 0.342 e. The van der Waals surface area contributed by atoms with Crippen molar-refractivity contribution >= 4 is 27.5 Å². The third-order valence-corrected chi connectivity index (χ3v) is 2.81. The standard InChI is InChI=1S/C12H9N3O2/c1-7-13-10-6-5-8-9(12(10)14-7)3-2-4-11(8)15(16)17/h2-6H,1H3,(H,13,14). The molecule has 5 heteroatoms. The van der Waals surface area contributed by atoms with Crippen LogP contribution in [0, 0.1) is 17.0 Å². The van der Waals surface area contributed by atoms with Gasteiger partial charge < -0.3 is 4.98 Å². The van der Waals surface area contributed by atoms with Crippen molar-refractivity contribution in [2.45, 2.75) is 6.92 Å². The maximum atomic E-state index is 10.9. The van der Waals surface area contributed by atoms with Crippen molar-refractivity contribution in [3.63, 3.8) is 0 Å². The Kier molecular flexibility index (Phi) is 1.89. The summed E-state index contributed by atoms with van der Waals surface area (Å²) in [5, 5.41) is 12.4. The molecule has 0 radical (unpaired) electrons. The lowest BCUT2D eigenvalue weighted by Gasteiger charge is -1.99. The molecule has 17 heavy (non-hydrogen) atoms. The van der Waals surface area contributed by atoms with Crippen LogP contribution < -0.4 is 0 Å². The second-order valence-corrected chi connectivity index (χ2v) is 3.91. The van der Waals surface area contributed by atoms with E-state index in [4.69, 9.17) is 0 Å². The molecule has 5 nitrogen and oxygen atoms in total. The maximum Gasteiger partial charge on any atom is 0.277 e. The Morgan fingerprint density at radius 2 is 2.06 bits per heavy atom. The highest BCUT2D eigenvalue weighted by Gasteiger charge is 2.13. The van der Waals surface area contributed by atoms with E-state index in [9.17, 15) is 10.1 Å². The minimum Gasteiger partial charge on any atom is -0.342 e. The zero-order chi connectivity index (χ0) is 12.0. The van der Waals surface area contributed by atoms with Gasteiger partial charge in [-0.25, -0.2) is 4.98 Å². The molecular formula is C12H9N3O2. The molecule has 3 rings (SSSR count). The molecule has 1 N–H and O–H groups in total. The van der Waals surface area contributed by atoms with Gasteiger partial charge in [0.05, 0.1) is 21.3 Å². The average Bonchev–Trinajstić information content (AvgIpc) is 2.68. The van der Waals surface area contributed by atoms with Crippen molar-refractivity contribution in [3.8, 4) is 0 Å². The fraction of sp³-hybridized carbons (Fsp3) is 0.0833. The molecule has 0 amide bonds. The van der Waals surface area contributed by atoms with Crippen LogP contribution in [0.3, 0.4) is 0 Å². The van der Waals surface area contributed by atoms with E-state index in [0.717, 1.165) is 22.2 Å². The van der Waals surface area contributed by atoms with E-state index in [1.807, 2.05) is 13.0 Å². The Hall–Kier alpha value is -2.43. The molecular weight excluding hydrogens is 218 g/mol. The monoisotopic (exact) mass is 227 g/mol. The van der Waals surface area contributed by atoms with Crippen LogP contribution in [-0.4, -0.2) is 14.9 Å². The quantitative estimate of drug-likeness (QED) is 0.513. The number of rotatable bonds is 1. The normalized spacial score (nSPS) is 11.1. The number of imidazole rings is 1. The second kappa shape index (κ2) is 3.28. The number of fused-ring (bicyclic) bond motifs is 3. The van der Waals surface area contributed by atoms with E-state index in [2.05, 4.69) is 9.97 Å². The van der Waals surface area contributed by atoms with E-state index in [1.165, 1.54) is 6.07 Å². The summed E-state index contributed by atoms with van der Waals surface area (Å²) in [4.78, 5) is 18.0. The van der Waals surface area contributed by atoms with E-state index in [1.54, 1.807) is 18.2 Å². The number of hydrogen-bond acceptors (Lipinski definition) is 3. The summed E-state index contributed by atoms with van der Waals surface area (Å²) in [5.74, 6) is 0.805. The Morgan fingerprint density at radius 3 is 2.82 bits per heavy atom. The van der Waals surface area contributed by atoms with Gasteiger partial charge in [-0.2, -0.15) is 0 Å². The molecule has 1 aromatic heterocycles. The summed E-state index contributed by atoms with van der Waals surface area (Å²) in [6.45, 7) is 1.86. The highest BCUT2D eigenvalue weighted by molar-refractivity contribution is 6.07. The van der Waals surface area contributed by atoms with Gasteiger partial charge in [-0.05, 0) is 19.1 Å². The first kappa shape index (κ1) is 9.77. The Balaban J connectivity index is 2.51. The predicted octanol–water partition coefficient (Wildman–Crippen LogP) is 2.93. The summed E-state index contributed by atoms with van der Waals surface area (Å²) >= 11 is 0. The van der Waals surface area contributed by atoms with Crippen LogP contribution in [0.5, 0.6) is 0 Å². The minimum atomic E-state index is -0.364. The number of nitro groups is 1. The number of hydrogen-bond donors (Lipinski definition) is 1. The van der Waals surface area contributed by atoms with E-state index < -0.39 is 0 Å². The molecule has 0 aliphatic carbocycles. The van der Waals surface area contributed by atoms with E-state index in [-0.39, 0.29) is 10.6 Å². The van der Waals surface area contributed by atoms with Crippen molar-refractivity contribution in [2.75, 3.05) is 0 Å². The molecule has 0 bridgehead atoms. The van der Waals surface area contributed by atoms with Crippen molar-refractivity contribution in [3.05, 3.63) is 46.3 Å². The number of non-ortho nitro benzene ring substituents is 1. The number of nitrogens with zero attached hydrogens (tertiary/aromatic N) is 2. The lowest BCUT2D eigenvalue weighted by atomic mass is 10.1. The van der Waals surface area contributed by atoms with Gasteiger partial charge in [0.1, 0.15) is 5.82 Å². The van der Waals surface area contributed by atoms with Crippen LogP contribution in [0.1, 0.15) is 5.82 Å². The lowest BCUT2D eigenvalue weighted by molar-refractivity contribution is -0.383. The summed E-state index contributed by atoms with van der Waals surface area (Å²) in [5.41, 5.74) is 1.80. The molecule has 0 aliphatic rings. The summed E-state index contributed by atoms with van der Waals surface area (Å²) in [6, 6.07) is 8.61. The molecule has 0 saturated carbocycles. The summed E-state index contributed by atoms with van der Waals surface area (Å²) < 4.78 is 0. The molecule has 1 heterocycles. The van der Waals surface area contributed by atoms with Crippen LogP contribution in [0.15, 0.2) is 30.3 Å². The maximum absolute atomic E-state index is 10.9. The fourth-order valence-electron chi connectivity index (χ4n) is 2.10. The molecule has 0 atom stereocenters. The zero-order valence-electron chi connectivity index (χ0n) is 9.10. The molecule has 0 saturated heterocycles. The number of nitrogens with one attached hydrogen (secondary N) is 1. The van der Waals surface area contributed by atoms with Crippen LogP contribution in [-0.2, 0) is 0 Å². The fourth-order valence-corrected chi connectivity index (χ4v) is 2.10. The summed E-state index contributed by atoms with van der Waals surface area (Å²) in [7, 11) is 0. The summed E-state index contributed by atoms with van der Waals surface area (Å²) in [6.07, 6.45) is 0. The van der Waals surface area contributed by atoms with Crippen LogP contribution in [0.2, 0.25) is 0 Å². The Bertz CT molecular complexity index is 746. The van der Waals surface area contributed by atoms with Gasteiger partial charge in [-0.1, -0.05) is 12.1 Å². The lowest BCUT2D eigenvalue weighted by Crippen LogP contribution is -1.89. The number of benzene rings is 2. The molecule has 0 spiro atoms. The molecule has 0 aliphatic heterocycles. The van der Waals surface area contributed by atoms with Gasteiger partial charge in [-0.3, -0.25) is 10.1 Å². The van der Waals surface area contributed by atoms with Crippen LogP contribution in [0.25, 0.3) is 21.8 Å². The minimum absolute atomic E-state index is 0.122. The van der Waals surface area contributed by atoms with Crippen molar-refractivity contribution < 1.29 is 4.92 Å². The molecule has 0 fully saturated rings. The number of aryl methyl sites for hydroxylation is 1. The third-order valence-electron chi connectivity index (χ3n) is 2.81. The SMILES string of the molecule is Cc1nc2ccc3c([N+](=O)[O-])cccc3c2[nH]1. The predicted molar refractivity (Wildman–Crippen MR) is 65.0 cm³/mol.